The minimum absolute atomic E-state index is 0.0843. The third-order valence-electron chi connectivity index (χ3n) is 6.54. The number of rotatable bonds is 14. The molecule has 1 fully saturated rings. The van der Waals surface area contributed by atoms with E-state index < -0.39 is 24.0 Å². The molecule has 3 rings (SSSR count). The summed E-state index contributed by atoms with van der Waals surface area (Å²) in [5.74, 6) is -0.273. The Morgan fingerprint density at radius 1 is 0.923 bits per heavy atom. The van der Waals surface area contributed by atoms with Gasteiger partial charge in [-0.3, -0.25) is 14.5 Å². The monoisotopic (exact) mass is 539 g/mol. The van der Waals surface area contributed by atoms with Gasteiger partial charge in [-0.2, -0.15) is 0 Å². The summed E-state index contributed by atoms with van der Waals surface area (Å²) in [6, 6.07) is 15.4. The van der Waals surface area contributed by atoms with Crippen LogP contribution in [0, 0.1) is 5.92 Å². The summed E-state index contributed by atoms with van der Waals surface area (Å²) in [4.78, 5) is 41.4. The van der Waals surface area contributed by atoms with Crippen LogP contribution in [-0.4, -0.2) is 74.7 Å². The predicted molar refractivity (Wildman–Crippen MR) is 148 cm³/mol. The van der Waals surface area contributed by atoms with E-state index in [0.29, 0.717) is 51.3 Å². The Balaban J connectivity index is 1.64. The van der Waals surface area contributed by atoms with Crippen molar-refractivity contribution in [2.75, 3.05) is 40.0 Å². The Bertz CT molecular complexity index is 1040. The van der Waals surface area contributed by atoms with Crippen LogP contribution in [0.5, 0.6) is 5.75 Å². The van der Waals surface area contributed by atoms with Crippen molar-refractivity contribution >= 4 is 17.8 Å². The van der Waals surface area contributed by atoms with Gasteiger partial charge in [0.25, 0.3) is 0 Å². The lowest BCUT2D eigenvalue weighted by Crippen LogP contribution is -2.54. The maximum Gasteiger partial charge on any atom is 0.328 e. The maximum absolute atomic E-state index is 13.5. The van der Waals surface area contributed by atoms with Crippen LogP contribution in [0.4, 0.5) is 0 Å². The van der Waals surface area contributed by atoms with Crippen molar-refractivity contribution in [1.82, 2.24) is 15.5 Å². The standard InChI is InChI=1S/C30H41N3O6/c1-22(2)19-27(30(36)39-21-24-9-12-25(37-3)13-10-24)32-29(35)26(14-11-23-7-5-4-6-8-23)31-28(34)20-33-15-17-38-18-16-33/h4-10,12-13,22,26-27H,11,14-21H2,1-3H3,(H,31,34)(H,32,35)/t26-,27?/m0/s1. The van der Waals surface area contributed by atoms with E-state index in [1.54, 1.807) is 19.2 Å². The molecule has 0 spiro atoms. The topological polar surface area (TPSA) is 106 Å². The molecule has 1 aliphatic rings. The largest absolute Gasteiger partial charge is 0.497 e. The zero-order valence-electron chi connectivity index (χ0n) is 23.2. The van der Waals surface area contributed by atoms with Crippen LogP contribution < -0.4 is 15.4 Å². The van der Waals surface area contributed by atoms with Gasteiger partial charge in [0.1, 0.15) is 24.4 Å². The Morgan fingerprint density at radius 2 is 1.62 bits per heavy atom. The average molecular weight is 540 g/mol. The minimum Gasteiger partial charge on any atom is -0.497 e. The number of morpholine rings is 1. The van der Waals surface area contributed by atoms with Crippen molar-refractivity contribution < 1.29 is 28.6 Å². The van der Waals surface area contributed by atoms with Crippen molar-refractivity contribution in [3.63, 3.8) is 0 Å². The Labute approximate surface area is 231 Å². The highest BCUT2D eigenvalue weighted by Crippen LogP contribution is 2.14. The van der Waals surface area contributed by atoms with Gasteiger partial charge >= 0.3 is 5.97 Å². The number of nitrogens with zero attached hydrogens (tertiary/aromatic N) is 1. The minimum atomic E-state index is -0.828. The molecule has 0 saturated carbocycles. The SMILES string of the molecule is COc1ccc(COC(=O)C(CC(C)C)NC(=O)[C@H](CCc2ccccc2)NC(=O)CN2CCOCC2)cc1. The summed E-state index contributed by atoms with van der Waals surface area (Å²) < 4.78 is 16.1. The zero-order chi connectivity index (χ0) is 28.0. The highest BCUT2D eigenvalue weighted by Gasteiger charge is 2.29. The quantitative estimate of drug-likeness (QED) is 0.356. The number of amides is 2. The van der Waals surface area contributed by atoms with Crippen LogP contribution in [0.25, 0.3) is 0 Å². The van der Waals surface area contributed by atoms with Crippen molar-refractivity contribution in [2.45, 2.75) is 51.8 Å². The summed E-state index contributed by atoms with van der Waals surface area (Å²) in [6.45, 7) is 6.75. The van der Waals surface area contributed by atoms with Gasteiger partial charge in [-0.05, 0) is 48.4 Å². The Kier molecular flexibility index (Phi) is 12.2. The van der Waals surface area contributed by atoms with E-state index in [-0.39, 0.29) is 25.0 Å². The van der Waals surface area contributed by atoms with E-state index in [9.17, 15) is 14.4 Å². The molecule has 0 aliphatic carbocycles. The zero-order valence-corrected chi connectivity index (χ0v) is 23.2. The molecule has 0 aromatic heterocycles. The second-order valence-electron chi connectivity index (χ2n) is 10.2. The highest BCUT2D eigenvalue weighted by atomic mass is 16.5. The number of esters is 1. The van der Waals surface area contributed by atoms with E-state index in [2.05, 4.69) is 10.6 Å². The van der Waals surface area contributed by atoms with Gasteiger partial charge in [0.05, 0.1) is 26.9 Å². The number of carbonyl (C=O) groups is 3. The summed E-state index contributed by atoms with van der Waals surface area (Å²) in [6.07, 6.45) is 1.42. The number of carbonyl (C=O) groups excluding carboxylic acids is 3. The number of benzene rings is 2. The first-order valence-electron chi connectivity index (χ1n) is 13.6. The highest BCUT2D eigenvalue weighted by molar-refractivity contribution is 5.91. The van der Waals surface area contributed by atoms with Crippen LogP contribution in [0.2, 0.25) is 0 Å². The van der Waals surface area contributed by atoms with Crippen molar-refractivity contribution in [3.05, 3.63) is 65.7 Å². The maximum atomic E-state index is 13.5. The third-order valence-corrected chi connectivity index (χ3v) is 6.54. The predicted octanol–water partition coefficient (Wildman–Crippen LogP) is 2.72. The molecule has 9 heteroatoms. The van der Waals surface area contributed by atoms with Crippen LogP contribution in [0.1, 0.15) is 37.8 Å². The van der Waals surface area contributed by atoms with E-state index in [1.807, 2.05) is 61.2 Å². The second-order valence-corrected chi connectivity index (χ2v) is 10.2. The van der Waals surface area contributed by atoms with E-state index in [0.717, 1.165) is 11.1 Å². The van der Waals surface area contributed by atoms with E-state index >= 15 is 0 Å². The molecule has 2 aromatic rings. The number of ether oxygens (including phenoxy) is 3. The molecule has 2 aromatic carbocycles. The van der Waals surface area contributed by atoms with Crippen LogP contribution in [-0.2, 0) is 36.9 Å². The molecule has 212 valence electrons. The van der Waals surface area contributed by atoms with E-state index in [1.165, 1.54) is 0 Å². The lowest BCUT2D eigenvalue weighted by Gasteiger charge is -2.27. The summed E-state index contributed by atoms with van der Waals surface area (Å²) >= 11 is 0. The molecule has 0 bridgehead atoms. The number of hydrogen-bond donors (Lipinski definition) is 2. The van der Waals surface area contributed by atoms with Crippen molar-refractivity contribution in [2.24, 2.45) is 5.92 Å². The summed E-state index contributed by atoms with van der Waals surface area (Å²) in [5.41, 5.74) is 1.88. The van der Waals surface area contributed by atoms with Gasteiger partial charge in [0, 0.05) is 13.1 Å². The molecule has 2 N–H and O–H groups in total. The van der Waals surface area contributed by atoms with Crippen LogP contribution in [0.15, 0.2) is 54.6 Å². The fraction of sp³-hybridized carbons (Fsp3) is 0.500. The molecular weight excluding hydrogens is 498 g/mol. The molecule has 1 unspecified atom stereocenters. The lowest BCUT2D eigenvalue weighted by molar-refractivity contribution is -0.149. The van der Waals surface area contributed by atoms with Crippen molar-refractivity contribution in [3.8, 4) is 5.75 Å². The first kappa shape index (κ1) is 30.1. The number of nitrogens with one attached hydrogen (secondary N) is 2. The van der Waals surface area contributed by atoms with Crippen molar-refractivity contribution in [1.29, 1.82) is 0 Å². The molecule has 1 aliphatic heterocycles. The van der Waals surface area contributed by atoms with E-state index in [4.69, 9.17) is 14.2 Å². The molecule has 9 nitrogen and oxygen atoms in total. The molecule has 2 amide bonds. The van der Waals surface area contributed by atoms with Gasteiger partial charge in [-0.15, -0.1) is 0 Å². The van der Waals surface area contributed by atoms with Crippen LogP contribution in [0.3, 0.4) is 0 Å². The molecule has 2 atom stereocenters. The number of hydrogen-bond acceptors (Lipinski definition) is 7. The molecule has 1 heterocycles. The van der Waals surface area contributed by atoms with Gasteiger partial charge in [-0.25, -0.2) is 4.79 Å². The first-order chi connectivity index (χ1) is 18.8. The van der Waals surface area contributed by atoms with Gasteiger partial charge < -0.3 is 24.8 Å². The normalized spacial score (nSPS) is 15.3. The fourth-order valence-corrected chi connectivity index (χ4v) is 4.36. The first-order valence-corrected chi connectivity index (χ1v) is 13.6. The Hall–Kier alpha value is -3.43. The molecular formula is C30H41N3O6. The number of methoxy groups -OCH3 is 1. The number of aryl methyl sites for hydroxylation is 1. The van der Waals surface area contributed by atoms with Gasteiger partial charge in [0.15, 0.2) is 0 Å². The Morgan fingerprint density at radius 3 is 2.26 bits per heavy atom. The second kappa shape index (κ2) is 15.9. The average Bonchev–Trinajstić information content (AvgIpc) is 2.94. The van der Waals surface area contributed by atoms with Gasteiger partial charge in [-0.1, -0.05) is 56.3 Å². The summed E-state index contributed by atoms with van der Waals surface area (Å²) in [5, 5.41) is 5.77. The van der Waals surface area contributed by atoms with Gasteiger partial charge in [0.2, 0.25) is 11.8 Å². The van der Waals surface area contributed by atoms with Crippen LogP contribution >= 0.6 is 0 Å². The summed E-state index contributed by atoms with van der Waals surface area (Å²) in [7, 11) is 1.59. The molecule has 39 heavy (non-hydrogen) atoms. The fourth-order valence-electron chi connectivity index (χ4n) is 4.36. The lowest BCUT2D eigenvalue weighted by atomic mass is 10.0. The molecule has 0 radical (unpaired) electrons. The third kappa shape index (κ3) is 10.7. The smallest absolute Gasteiger partial charge is 0.328 e. The molecule has 1 saturated heterocycles.